The monoisotopic (exact) mass is 275 g/mol. The van der Waals surface area contributed by atoms with Crippen molar-refractivity contribution in [3.05, 3.63) is 45.8 Å². The number of nitrogens with zero attached hydrogens (tertiary/aromatic N) is 1. The van der Waals surface area contributed by atoms with E-state index in [1.165, 1.54) is 4.88 Å². The van der Waals surface area contributed by atoms with Gasteiger partial charge in [0.25, 0.3) is 5.91 Å². The molecule has 19 heavy (non-hydrogen) atoms. The molecule has 1 amide bonds. The van der Waals surface area contributed by atoms with Gasteiger partial charge in [-0.25, -0.2) is 4.98 Å². The highest BCUT2D eigenvalue weighted by molar-refractivity contribution is 7.09. The minimum atomic E-state index is -0.0569. The Labute approximate surface area is 116 Å². The van der Waals surface area contributed by atoms with Gasteiger partial charge in [0.1, 0.15) is 5.82 Å². The summed E-state index contributed by atoms with van der Waals surface area (Å²) in [6.07, 6.45) is 0.867. The Hall–Kier alpha value is -1.88. The van der Waals surface area contributed by atoms with Gasteiger partial charge < -0.3 is 10.6 Å². The normalized spacial score (nSPS) is 10.2. The topological polar surface area (TPSA) is 54.0 Å². The zero-order valence-corrected chi connectivity index (χ0v) is 11.9. The largest absolute Gasteiger partial charge is 0.373 e. The second-order valence-electron chi connectivity index (χ2n) is 4.22. The summed E-state index contributed by atoms with van der Waals surface area (Å²) in [6.45, 7) is 2.53. The van der Waals surface area contributed by atoms with Gasteiger partial charge in [-0.3, -0.25) is 4.79 Å². The summed E-state index contributed by atoms with van der Waals surface area (Å²) < 4.78 is 0. The molecule has 2 heterocycles. The van der Waals surface area contributed by atoms with Crippen LogP contribution in [0.2, 0.25) is 0 Å². The third-order valence-corrected chi connectivity index (χ3v) is 3.64. The van der Waals surface area contributed by atoms with Crippen molar-refractivity contribution in [1.29, 1.82) is 0 Å². The average molecular weight is 275 g/mol. The van der Waals surface area contributed by atoms with Crippen molar-refractivity contribution in [2.45, 2.75) is 13.3 Å². The first-order chi connectivity index (χ1) is 9.19. The van der Waals surface area contributed by atoms with E-state index in [2.05, 4.69) is 21.7 Å². The van der Waals surface area contributed by atoms with Crippen molar-refractivity contribution >= 4 is 23.1 Å². The zero-order valence-electron chi connectivity index (χ0n) is 11.1. The van der Waals surface area contributed by atoms with Crippen LogP contribution in [0.1, 0.15) is 20.9 Å². The number of nitrogens with one attached hydrogen (secondary N) is 2. The summed E-state index contributed by atoms with van der Waals surface area (Å²) in [5, 5.41) is 7.92. The van der Waals surface area contributed by atoms with Crippen LogP contribution in [0.4, 0.5) is 5.82 Å². The van der Waals surface area contributed by atoms with Crippen LogP contribution >= 0.6 is 11.3 Å². The smallest absolute Gasteiger partial charge is 0.251 e. The molecule has 0 saturated carbocycles. The number of thiophene rings is 1. The number of rotatable bonds is 5. The Morgan fingerprint density at radius 3 is 2.95 bits per heavy atom. The fraction of sp³-hybridized carbons (Fsp3) is 0.286. The second kappa shape index (κ2) is 6.33. The van der Waals surface area contributed by atoms with Gasteiger partial charge in [-0.1, -0.05) is 6.07 Å². The molecule has 0 aromatic carbocycles. The van der Waals surface area contributed by atoms with Gasteiger partial charge in [-0.2, -0.15) is 0 Å². The van der Waals surface area contributed by atoms with E-state index in [1.54, 1.807) is 30.5 Å². The molecule has 100 valence electrons. The average Bonchev–Trinajstić information content (AvgIpc) is 2.91. The first-order valence-electron chi connectivity index (χ1n) is 6.16. The van der Waals surface area contributed by atoms with Crippen molar-refractivity contribution in [2.24, 2.45) is 0 Å². The highest BCUT2D eigenvalue weighted by atomic mass is 32.1. The maximum atomic E-state index is 12.0. The number of aryl methyl sites for hydroxylation is 1. The third-order valence-electron chi connectivity index (χ3n) is 2.71. The van der Waals surface area contributed by atoms with Crippen molar-refractivity contribution in [1.82, 2.24) is 10.3 Å². The van der Waals surface area contributed by atoms with E-state index >= 15 is 0 Å². The van der Waals surface area contributed by atoms with Crippen LogP contribution in [0.3, 0.4) is 0 Å². The van der Waals surface area contributed by atoms with E-state index in [9.17, 15) is 4.79 Å². The highest BCUT2D eigenvalue weighted by Crippen LogP contribution is 2.10. The molecule has 2 rings (SSSR count). The lowest BCUT2D eigenvalue weighted by Crippen LogP contribution is -2.25. The van der Waals surface area contributed by atoms with E-state index in [4.69, 9.17) is 0 Å². The van der Waals surface area contributed by atoms with Crippen molar-refractivity contribution in [3.63, 3.8) is 0 Å². The molecule has 2 aromatic heterocycles. The van der Waals surface area contributed by atoms with Crippen LogP contribution in [-0.2, 0) is 6.42 Å². The summed E-state index contributed by atoms with van der Waals surface area (Å²) in [6, 6.07) is 7.65. The third kappa shape index (κ3) is 3.79. The van der Waals surface area contributed by atoms with Crippen LogP contribution < -0.4 is 10.6 Å². The molecule has 0 radical (unpaired) electrons. The van der Waals surface area contributed by atoms with Crippen LogP contribution in [0.25, 0.3) is 0 Å². The minimum Gasteiger partial charge on any atom is -0.373 e. The fourth-order valence-corrected chi connectivity index (χ4v) is 2.49. The maximum absolute atomic E-state index is 12.0. The Bertz CT molecular complexity index is 552. The predicted octanol–water partition coefficient (Wildman–Crippen LogP) is 2.47. The summed E-state index contributed by atoms with van der Waals surface area (Å²) in [5.41, 5.74) is 1.47. The fourth-order valence-electron chi connectivity index (χ4n) is 1.78. The Kier molecular flexibility index (Phi) is 4.52. The van der Waals surface area contributed by atoms with E-state index in [-0.39, 0.29) is 5.91 Å². The van der Waals surface area contributed by atoms with E-state index in [0.717, 1.165) is 12.1 Å². The molecule has 0 aliphatic heterocycles. The second-order valence-corrected chi connectivity index (χ2v) is 5.25. The van der Waals surface area contributed by atoms with Gasteiger partial charge in [-0.15, -0.1) is 11.3 Å². The van der Waals surface area contributed by atoms with Crippen molar-refractivity contribution in [2.75, 3.05) is 18.9 Å². The lowest BCUT2D eigenvalue weighted by Gasteiger charge is -2.07. The lowest BCUT2D eigenvalue weighted by molar-refractivity contribution is 0.0954. The predicted molar refractivity (Wildman–Crippen MR) is 78.9 cm³/mol. The van der Waals surface area contributed by atoms with Crippen LogP contribution in [0.5, 0.6) is 0 Å². The molecule has 0 bridgehead atoms. The first-order valence-corrected chi connectivity index (χ1v) is 7.04. The Morgan fingerprint density at radius 2 is 2.26 bits per heavy atom. The SMILES string of the molecule is CNc1cc(C(=O)NCCc2cccs2)cc(C)n1. The number of aromatic nitrogens is 1. The summed E-state index contributed by atoms with van der Waals surface area (Å²) in [5.74, 6) is 0.655. The number of amides is 1. The highest BCUT2D eigenvalue weighted by Gasteiger charge is 2.07. The van der Waals surface area contributed by atoms with Gasteiger partial charge in [-0.05, 0) is 36.9 Å². The summed E-state index contributed by atoms with van der Waals surface area (Å²) >= 11 is 1.71. The molecule has 2 N–H and O–H groups in total. The quantitative estimate of drug-likeness (QED) is 0.881. The van der Waals surface area contributed by atoms with E-state index in [0.29, 0.717) is 17.9 Å². The standard InChI is InChI=1S/C14H17N3OS/c1-10-8-11(9-13(15-2)17-10)14(18)16-6-5-12-4-3-7-19-12/h3-4,7-9H,5-6H2,1-2H3,(H,15,17)(H,16,18). The summed E-state index contributed by atoms with van der Waals surface area (Å²) in [7, 11) is 1.79. The molecule has 5 heteroatoms. The van der Waals surface area contributed by atoms with Gasteiger partial charge in [0.05, 0.1) is 0 Å². The van der Waals surface area contributed by atoms with Gasteiger partial charge >= 0.3 is 0 Å². The number of hydrogen-bond acceptors (Lipinski definition) is 4. The number of pyridine rings is 1. The summed E-state index contributed by atoms with van der Waals surface area (Å²) in [4.78, 5) is 17.6. The van der Waals surface area contributed by atoms with Gasteiger partial charge in [0.2, 0.25) is 0 Å². The molecule has 0 spiro atoms. The molecular weight excluding hydrogens is 258 g/mol. The number of anilines is 1. The van der Waals surface area contributed by atoms with Crippen LogP contribution in [0, 0.1) is 6.92 Å². The van der Waals surface area contributed by atoms with Gasteiger partial charge in [0.15, 0.2) is 0 Å². The number of hydrogen-bond donors (Lipinski definition) is 2. The van der Waals surface area contributed by atoms with Crippen molar-refractivity contribution < 1.29 is 4.79 Å². The van der Waals surface area contributed by atoms with E-state index < -0.39 is 0 Å². The van der Waals surface area contributed by atoms with Crippen LogP contribution in [0.15, 0.2) is 29.6 Å². The molecule has 0 unspecified atom stereocenters. The molecule has 0 aliphatic rings. The van der Waals surface area contributed by atoms with E-state index in [1.807, 2.05) is 18.4 Å². The van der Waals surface area contributed by atoms with Gasteiger partial charge in [0, 0.05) is 29.7 Å². The molecule has 0 atom stereocenters. The Balaban J connectivity index is 1.94. The Morgan fingerprint density at radius 1 is 1.42 bits per heavy atom. The lowest BCUT2D eigenvalue weighted by atomic mass is 10.2. The van der Waals surface area contributed by atoms with Crippen molar-refractivity contribution in [3.8, 4) is 0 Å². The maximum Gasteiger partial charge on any atom is 0.251 e. The van der Waals surface area contributed by atoms with Crippen LogP contribution in [-0.4, -0.2) is 24.5 Å². The molecule has 0 saturated heterocycles. The molecule has 4 nitrogen and oxygen atoms in total. The minimum absolute atomic E-state index is 0.0569. The number of carbonyl (C=O) groups excluding carboxylic acids is 1. The molecule has 0 aliphatic carbocycles. The molecule has 2 aromatic rings. The first kappa shape index (κ1) is 13.5. The zero-order chi connectivity index (χ0) is 13.7. The number of carbonyl (C=O) groups is 1. The molecular formula is C14H17N3OS. The molecule has 0 fully saturated rings.